The molecule has 0 saturated carbocycles. The maximum absolute atomic E-state index is 14.9. The van der Waals surface area contributed by atoms with E-state index in [1.807, 2.05) is 17.9 Å². The summed E-state index contributed by atoms with van der Waals surface area (Å²) in [5.41, 5.74) is 2.02. The van der Waals surface area contributed by atoms with Crippen molar-refractivity contribution in [2.24, 2.45) is 0 Å². The third-order valence-corrected chi connectivity index (χ3v) is 8.67. The number of Topliss-reactive ketones (excluding diaryl/α,β-unsaturated/α-hetero) is 1. The highest BCUT2D eigenvalue weighted by Gasteiger charge is 2.43. The molecule has 2 saturated heterocycles. The van der Waals surface area contributed by atoms with Crippen molar-refractivity contribution in [1.29, 1.82) is 0 Å². The molecule has 0 N–H and O–H groups in total. The van der Waals surface area contributed by atoms with Crippen LogP contribution < -0.4 is 10.6 Å². The first-order chi connectivity index (χ1) is 18.3. The van der Waals surface area contributed by atoms with E-state index < -0.39 is 17.3 Å². The number of halogens is 2. The third kappa shape index (κ3) is 3.93. The summed E-state index contributed by atoms with van der Waals surface area (Å²) < 4.78 is 30.2. The number of allylic oxidation sites excluding steroid dienone is 1. The van der Waals surface area contributed by atoms with Crippen LogP contribution in [0.5, 0.6) is 0 Å². The first kappa shape index (κ1) is 24.8. The van der Waals surface area contributed by atoms with E-state index in [4.69, 9.17) is 0 Å². The number of hydrogen-bond donors (Lipinski definition) is 0. The summed E-state index contributed by atoms with van der Waals surface area (Å²) in [6, 6.07) is 4.84. The number of piperazine rings is 1. The molecule has 3 aromatic rings. The average molecular weight is 537 g/mol. The lowest BCUT2D eigenvalue weighted by Gasteiger charge is -2.49. The van der Waals surface area contributed by atoms with Gasteiger partial charge in [-0.15, -0.1) is 11.8 Å². The molecule has 0 aliphatic carbocycles. The molecular formula is C28H26F2N4O3S. The maximum atomic E-state index is 14.9. The van der Waals surface area contributed by atoms with Gasteiger partial charge in [-0.2, -0.15) is 4.98 Å². The van der Waals surface area contributed by atoms with E-state index in [1.165, 1.54) is 18.2 Å². The van der Waals surface area contributed by atoms with Crippen molar-refractivity contribution in [2.75, 3.05) is 23.7 Å². The summed E-state index contributed by atoms with van der Waals surface area (Å²) in [5.74, 6) is -0.143. The van der Waals surface area contributed by atoms with Crippen molar-refractivity contribution in [2.45, 2.75) is 50.2 Å². The molecule has 3 aliphatic rings. The van der Waals surface area contributed by atoms with E-state index >= 15 is 0 Å². The number of thioether (sulfide) groups is 1. The quantitative estimate of drug-likeness (QED) is 0.470. The summed E-state index contributed by atoms with van der Waals surface area (Å²) in [6.45, 7) is 4.90. The van der Waals surface area contributed by atoms with Gasteiger partial charge in [-0.05, 0) is 43.7 Å². The number of rotatable bonds is 3. The largest absolute Gasteiger partial charge is 0.352 e. The molecular weight excluding hydrogens is 510 g/mol. The Morgan fingerprint density at radius 1 is 1.13 bits per heavy atom. The summed E-state index contributed by atoms with van der Waals surface area (Å²) >= 11 is 1.55. The molecule has 4 heterocycles. The van der Waals surface area contributed by atoms with Crippen molar-refractivity contribution < 1.29 is 18.4 Å². The summed E-state index contributed by atoms with van der Waals surface area (Å²) in [5, 5.41) is 0.771. The van der Waals surface area contributed by atoms with E-state index in [0.717, 1.165) is 21.9 Å². The first-order valence-electron chi connectivity index (χ1n) is 12.6. The van der Waals surface area contributed by atoms with E-state index in [-0.39, 0.29) is 42.2 Å². The van der Waals surface area contributed by atoms with Crippen LogP contribution in [0.15, 0.2) is 46.1 Å². The number of amides is 1. The lowest BCUT2D eigenvalue weighted by atomic mass is 9.89. The number of carbonyl (C=O) groups is 2. The molecule has 7 nitrogen and oxygen atoms in total. The number of benzene rings is 2. The van der Waals surface area contributed by atoms with Crippen LogP contribution in [0.4, 0.5) is 14.6 Å². The van der Waals surface area contributed by atoms with Crippen molar-refractivity contribution in [3.05, 3.63) is 64.1 Å². The average Bonchev–Trinajstić information content (AvgIpc) is 2.86. The smallest absolute Gasteiger partial charge is 0.350 e. The monoisotopic (exact) mass is 536 g/mol. The van der Waals surface area contributed by atoms with Gasteiger partial charge in [-0.3, -0.25) is 14.2 Å². The zero-order valence-electron chi connectivity index (χ0n) is 21.0. The van der Waals surface area contributed by atoms with Crippen LogP contribution in [0, 0.1) is 18.6 Å². The van der Waals surface area contributed by atoms with E-state index in [0.29, 0.717) is 42.3 Å². The van der Waals surface area contributed by atoms with Gasteiger partial charge in [0, 0.05) is 65.7 Å². The standard InChI is InChI=1S/C28H26F2N4O3S/c1-3-4-23(36)34-17-11-19(35)12-18(34)14-32(13-17)27-21-9-15(2)24(20-6-5-16(29)10-22(20)30)26-25(21)33(7-8-38-26)28(37)31-27/h3-6,9-10,17-18H,7-8,11-14H2,1-2H3/b4-3+. The zero-order valence-corrected chi connectivity index (χ0v) is 21.9. The highest BCUT2D eigenvalue weighted by Crippen LogP contribution is 2.44. The lowest BCUT2D eigenvalue weighted by Crippen LogP contribution is -2.64. The number of anilines is 1. The van der Waals surface area contributed by atoms with Crippen molar-refractivity contribution in [1.82, 2.24) is 14.5 Å². The maximum Gasteiger partial charge on any atom is 0.350 e. The Bertz CT molecular complexity index is 1580. The minimum Gasteiger partial charge on any atom is -0.352 e. The Kier molecular flexibility index (Phi) is 6.09. The molecule has 196 valence electrons. The van der Waals surface area contributed by atoms with Gasteiger partial charge in [-0.25, -0.2) is 13.6 Å². The van der Waals surface area contributed by atoms with Crippen LogP contribution in [0.25, 0.3) is 22.0 Å². The highest BCUT2D eigenvalue weighted by atomic mass is 32.2. The molecule has 0 radical (unpaired) electrons. The molecule has 2 atom stereocenters. The Balaban J connectivity index is 1.51. The summed E-state index contributed by atoms with van der Waals surface area (Å²) in [4.78, 5) is 47.6. The van der Waals surface area contributed by atoms with Gasteiger partial charge in [0.05, 0.1) is 17.6 Å². The van der Waals surface area contributed by atoms with Gasteiger partial charge in [0.15, 0.2) is 0 Å². The second-order valence-corrected chi connectivity index (χ2v) is 11.1. The van der Waals surface area contributed by atoms with Gasteiger partial charge in [0.2, 0.25) is 5.91 Å². The van der Waals surface area contributed by atoms with Gasteiger partial charge < -0.3 is 9.80 Å². The van der Waals surface area contributed by atoms with Gasteiger partial charge in [0.25, 0.3) is 0 Å². The molecule has 38 heavy (non-hydrogen) atoms. The topological polar surface area (TPSA) is 75.5 Å². The zero-order chi connectivity index (χ0) is 26.7. The molecule has 2 aromatic carbocycles. The molecule has 0 spiro atoms. The van der Waals surface area contributed by atoms with Crippen LogP contribution in [0.1, 0.15) is 25.3 Å². The van der Waals surface area contributed by atoms with E-state index in [2.05, 4.69) is 4.98 Å². The number of carbonyl (C=O) groups excluding carboxylic acids is 2. The molecule has 3 aliphatic heterocycles. The van der Waals surface area contributed by atoms with Crippen LogP contribution >= 0.6 is 11.8 Å². The van der Waals surface area contributed by atoms with E-state index in [1.54, 1.807) is 34.2 Å². The number of aryl methyl sites for hydroxylation is 2. The second kappa shape index (κ2) is 9.34. The molecule has 1 amide bonds. The number of nitrogens with zero attached hydrogens (tertiary/aromatic N) is 4. The second-order valence-electron chi connectivity index (χ2n) is 10.0. The molecule has 10 heteroatoms. The third-order valence-electron chi connectivity index (χ3n) is 7.60. The van der Waals surface area contributed by atoms with Crippen molar-refractivity contribution >= 4 is 40.2 Å². The number of hydrogen-bond acceptors (Lipinski definition) is 6. The number of fused-ring (bicyclic) bond motifs is 2. The molecule has 2 unspecified atom stereocenters. The predicted octanol–water partition coefficient (Wildman–Crippen LogP) is 4.08. The Labute approximate surface area is 222 Å². The van der Waals surface area contributed by atoms with Crippen LogP contribution in [-0.2, 0) is 16.1 Å². The van der Waals surface area contributed by atoms with Crippen molar-refractivity contribution in [3.63, 3.8) is 0 Å². The Morgan fingerprint density at radius 3 is 2.55 bits per heavy atom. The van der Waals surface area contributed by atoms with Crippen molar-refractivity contribution in [3.8, 4) is 11.1 Å². The highest BCUT2D eigenvalue weighted by molar-refractivity contribution is 7.99. The first-order valence-corrected chi connectivity index (χ1v) is 13.6. The SMILES string of the molecule is C/C=C/C(=O)N1C2CC(=O)CC1CN(c1nc(=O)n3c4c(c(-c5ccc(F)cc5F)c(C)cc14)SCC3)C2. The normalized spacial score (nSPS) is 21.0. The molecule has 6 rings (SSSR count). The minimum absolute atomic E-state index is 0.113. The fourth-order valence-electron chi connectivity index (χ4n) is 6.13. The molecule has 1 aromatic heterocycles. The van der Waals surface area contributed by atoms with Gasteiger partial charge in [-0.1, -0.05) is 6.08 Å². The number of aromatic nitrogens is 2. The summed E-state index contributed by atoms with van der Waals surface area (Å²) in [6.07, 6.45) is 3.75. The Hall–Kier alpha value is -3.53. The molecule has 2 fully saturated rings. The summed E-state index contributed by atoms with van der Waals surface area (Å²) in [7, 11) is 0. The number of piperidine rings is 1. The molecule has 2 bridgehead atoms. The fraction of sp³-hybridized carbons (Fsp3) is 0.357. The van der Waals surface area contributed by atoms with Crippen LogP contribution in [0.2, 0.25) is 0 Å². The fourth-order valence-corrected chi connectivity index (χ4v) is 7.38. The number of ketones is 1. The minimum atomic E-state index is -0.655. The lowest BCUT2D eigenvalue weighted by molar-refractivity contribution is -0.138. The predicted molar refractivity (Wildman–Crippen MR) is 143 cm³/mol. The van der Waals surface area contributed by atoms with Gasteiger partial charge >= 0.3 is 5.69 Å². The van der Waals surface area contributed by atoms with Crippen LogP contribution in [0.3, 0.4) is 0 Å². The van der Waals surface area contributed by atoms with Gasteiger partial charge in [0.1, 0.15) is 23.2 Å². The van der Waals surface area contributed by atoms with E-state index in [9.17, 15) is 23.2 Å². The van der Waals surface area contributed by atoms with Crippen LogP contribution in [-0.4, -0.2) is 57.1 Å². The Morgan fingerprint density at radius 2 is 1.87 bits per heavy atom.